The molecular formula is C22H25NO. The maximum atomic E-state index is 13.0. The van der Waals surface area contributed by atoms with Crippen LogP contribution in [0.2, 0.25) is 0 Å². The van der Waals surface area contributed by atoms with E-state index in [9.17, 15) is 4.79 Å². The van der Waals surface area contributed by atoms with Gasteiger partial charge in [0.25, 0.3) is 0 Å². The fraction of sp³-hybridized carbons (Fsp3) is 0.409. The molecule has 0 spiro atoms. The van der Waals surface area contributed by atoms with Crippen LogP contribution in [0.4, 0.5) is 0 Å². The Kier molecular flexibility index (Phi) is 4.48. The third kappa shape index (κ3) is 2.91. The molecule has 2 aromatic carbocycles. The van der Waals surface area contributed by atoms with Crippen molar-refractivity contribution in [1.82, 2.24) is 4.90 Å². The molecule has 2 aromatic rings. The number of nitrogens with zero attached hydrogens (tertiary/aromatic N) is 1. The number of benzene rings is 2. The van der Waals surface area contributed by atoms with Crippen molar-refractivity contribution in [2.24, 2.45) is 5.92 Å². The molecule has 1 heterocycles. The molecule has 24 heavy (non-hydrogen) atoms. The molecule has 2 fully saturated rings. The number of carbonyl (C=O) groups is 1. The van der Waals surface area contributed by atoms with Crippen molar-refractivity contribution in [3.8, 4) is 0 Å². The van der Waals surface area contributed by atoms with Gasteiger partial charge in [-0.3, -0.25) is 9.69 Å². The summed E-state index contributed by atoms with van der Waals surface area (Å²) in [6.07, 6.45) is 6.61. The number of hydrogen-bond acceptors (Lipinski definition) is 2. The SMILES string of the molecule is O=C(c1ccccc1)C1CN(C2CCCCC2)C1c1ccccc1. The van der Waals surface area contributed by atoms with Crippen LogP contribution < -0.4 is 0 Å². The molecule has 2 nitrogen and oxygen atoms in total. The third-order valence-electron chi connectivity index (χ3n) is 5.73. The van der Waals surface area contributed by atoms with Crippen LogP contribution in [0.1, 0.15) is 54.1 Å². The molecule has 1 saturated carbocycles. The largest absolute Gasteiger partial charge is 0.294 e. The fourth-order valence-electron chi connectivity index (χ4n) is 4.44. The summed E-state index contributed by atoms with van der Waals surface area (Å²) in [4.78, 5) is 15.6. The predicted molar refractivity (Wildman–Crippen MR) is 97.0 cm³/mol. The average Bonchev–Trinajstić information content (AvgIpc) is 2.63. The van der Waals surface area contributed by atoms with Gasteiger partial charge in [0, 0.05) is 24.2 Å². The summed E-state index contributed by atoms with van der Waals surface area (Å²) in [6, 6.07) is 21.3. The lowest BCUT2D eigenvalue weighted by Gasteiger charge is -2.52. The van der Waals surface area contributed by atoms with Crippen molar-refractivity contribution in [3.63, 3.8) is 0 Å². The van der Waals surface area contributed by atoms with Gasteiger partial charge < -0.3 is 0 Å². The Labute approximate surface area is 144 Å². The minimum Gasteiger partial charge on any atom is -0.294 e. The molecule has 0 amide bonds. The summed E-state index contributed by atoms with van der Waals surface area (Å²) in [7, 11) is 0. The molecule has 2 heteroatoms. The number of likely N-dealkylation sites (tertiary alicyclic amines) is 1. The second-order valence-electron chi connectivity index (χ2n) is 7.18. The van der Waals surface area contributed by atoms with Crippen molar-refractivity contribution in [2.45, 2.75) is 44.2 Å². The molecule has 2 aliphatic rings. The highest BCUT2D eigenvalue weighted by molar-refractivity contribution is 5.99. The van der Waals surface area contributed by atoms with Gasteiger partial charge in [0.05, 0.1) is 5.92 Å². The first-order valence-corrected chi connectivity index (χ1v) is 9.24. The fourth-order valence-corrected chi connectivity index (χ4v) is 4.44. The maximum absolute atomic E-state index is 13.0. The van der Waals surface area contributed by atoms with Gasteiger partial charge in [-0.25, -0.2) is 0 Å². The van der Waals surface area contributed by atoms with Crippen LogP contribution in [-0.4, -0.2) is 23.3 Å². The second-order valence-corrected chi connectivity index (χ2v) is 7.18. The lowest BCUT2D eigenvalue weighted by Crippen LogP contribution is -2.57. The Balaban J connectivity index is 1.59. The number of rotatable bonds is 4. The van der Waals surface area contributed by atoms with Crippen LogP contribution in [0.3, 0.4) is 0 Å². The maximum Gasteiger partial charge on any atom is 0.169 e. The van der Waals surface area contributed by atoms with Gasteiger partial charge in [-0.1, -0.05) is 79.9 Å². The topological polar surface area (TPSA) is 20.3 Å². The Morgan fingerprint density at radius 1 is 0.833 bits per heavy atom. The van der Waals surface area contributed by atoms with Gasteiger partial charge in [0.2, 0.25) is 0 Å². The van der Waals surface area contributed by atoms with Gasteiger partial charge >= 0.3 is 0 Å². The molecule has 0 N–H and O–H groups in total. The van der Waals surface area contributed by atoms with Gasteiger partial charge in [0.15, 0.2) is 5.78 Å². The van der Waals surface area contributed by atoms with Gasteiger partial charge in [-0.15, -0.1) is 0 Å². The van der Waals surface area contributed by atoms with Crippen LogP contribution in [0.5, 0.6) is 0 Å². The van der Waals surface area contributed by atoms with E-state index >= 15 is 0 Å². The number of hydrogen-bond donors (Lipinski definition) is 0. The van der Waals surface area contributed by atoms with Crippen LogP contribution in [0.25, 0.3) is 0 Å². The Hall–Kier alpha value is -1.93. The van der Waals surface area contributed by atoms with Gasteiger partial charge in [-0.05, 0) is 18.4 Å². The van der Waals surface area contributed by atoms with E-state index in [0.717, 1.165) is 12.1 Å². The molecule has 0 bridgehead atoms. The second kappa shape index (κ2) is 6.90. The minimum atomic E-state index is 0.0942. The molecular weight excluding hydrogens is 294 g/mol. The first kappa shape index (κ1) is 15.6. The first-order valence-electron chi connectivity index (χ1n) is 9.24. The highest BCUT2D eigenvalue weighted by Gasteiger charge is 2.47. The van der Waals surface area contributed by atoms with Crippen molar-refractivity contribution in [1.29, 1.82) is 0 Å². The van der Waals surface area contributed by atoms with E-state index in [-0.39, 0.29) is 12.0 Å². The molecule has 2 unspecified atom stereocenters. The number of Topliss-reactive ketones (excluding diaryl/α,β-unsaturated/α-hetero) is 1. The lowest BCUT2D eigenvalue weighted by atomic mass is 9.76. The van der Waals surface area contributed by atoms with E-state index in [4.69, 9.17) is 0 Å². The van der Waals surface area contributed by atoms with Crippen LogP contribution in [0, 0.1) is 5.92 Å². The standard InChI is InChI=1S/C22H25NO/c24-22(18-12-6-2-7-13-18)20-16-23(19-14-8-3-9-15-19)21(20)17-10-4-1-5-11-17/h1-2,4-7,10-13,19-21H,3,8-9,14-16H2. The Morgan fingerprint density at radius 2 is 1.46 bits per heavy atom. The molecule has 2 atom stereocenters. The van der Waals surface area contributed by atoms with E-state index in [1.54, 1.807) is 0 Å². The monoisotopic (exact) mass is 319 g/mol. The molecule has 1 saturated heterocycles. The third-order valence-corrected chi connectivity index (χ3v) is 5.73. The summed E-state index contributed by atoms with van der Waals surface area (Å²) in [5.74, 6) is 0.397. The van der Waals surface area contributed by atoms with E-state index in [1.165, 1.54) is 37.7 Å². The zero-order valence-electron chi connectivity index (χ0n) is 14.1. The molecule has 4 rings (SSSR count). The summed E-state index contributed by atoms with van der Waals surface area (Å²) in [5, 5.41) is 0. The van der Waals surface area contributed by atoms with Gasteiger partial charge in [0.1, 0.15) is 0 Å². The average molecular weight is 319 g/mol. The Morgan fingerprint density at radius 3 is 2.12 bits per heavy atom. The summed E-state index contributed by atoms with van der Waals surface area (Å²) in [5.41, 5.74) is 2.15. The molecule has 1 aliphatic carbocycles. The summed E-state index contributed by atoms with van der Waals surface area (Å²) >= 11 is 0. The van der Waals surface area contributed by atoms with E-state index < -0.39 is 0 Å². The number of ketones is 1. The Bertz CT molecular complexity index is 676. The summed E-state index contributed by atoms with van der Waals surface area (Å²) in [6.45, 7) is 0.915. The first-order chi connectivity index (χ1) is 11.8. The smallest absolute Gasteiger partial charge is 0.169 e. The zero-order valence-corrected chi connectivity index (χ0v) is 14.1. The van der Waals surface area contributed by atoms with Crippen LogP contribution >= 0.6 is 0 Å². The quantitative estimate of drug-likeness (QED) is 0.749. The molecule has 1 aliphatic heterocycles. The zero-order chi connectivity index (χ0) is 16.4. The van der Waals surface area contributed by atoms with Crippen molar-refractivity contribution >= 4 is 5.78 Å². The van der Waals surface area contributed by atoms with E-state index in [1.807, 2.05) is 30.3 Å². The summed E-state index contributed by atoms with van der Waals surface area (Å²) < 4.78 is 0. The molecule has 0 aromatic heterocycles. The number of carbonyl (C=O) groups excluding carboxylic acids is 1. The van der Waals surface area contributed by atoms with Crippen molar-refractivity contribution in [2.75, 3.05) is 6.54 Å². The highest BCUT2D eigenvalue weighted by atomic mass is 16.1. The van der Waals surface area contributed by atoms with Crippen molar-refractivity contribution in [3.05, 3.63) is 71.8 Å². The molecule has 124 valence electrons. The highest BCUT2D eigenvalue weighted by Crippen LogP contribution is 2.44. The lowest BCUT2D eigenvalue weighted by molar-refractivity contribution is -0.0251. The normalized spacial score (nSPS) is 25.2. The van der Waals surface area contributed by atoms with E-state index in [2.05, 4.69) is 35.2 Å². The predicted octanol–water partition coefficient (Wildman–Crippen LogP) is 4.88. The van der Waals surface area contributed by atoms with Gasteiger partial charge in [-0.2, -0.15) is 0 Å². The van der Waals surface area contributed by atoms with Crippen molar-refractivity contribution < 1.29 is 4.79 Å². The van der Waals surface area contributed by atoms with E-state index in [0.29, 0.717) is 11.8 Å². The minimum absolute atomic E-state index is 0.0942. The van der Waals surface area contributed by atoms with Crippen LogP contribution in [-0.2, 0) is 0 Å². The van der Waals surface area contributed by atoms with Crippen LogP contribution in [0.15, 0.2) is 60.7 Å². The molecule has 0 radical (unpaired) electrons.